The van der Waals surface area contributed by atoms with Crippen LogP contribution in [0, 0.1) is 11.7 Å². The first-order valence-corrected chi connectivity index (χ1v) is 13.8. The highest BCUT2D eigenvalue weighted by atomic mass is 19.1. The number of primary amides is 1. The molecule has 1 aromatic heterocycles. The fraction of sp³-hybridized carbons (Fsp3) is 0.281. The SMILES string of the molecule is COc1cc2c(Oc3ccc(N(C(=O)C(N)=O)[C@@H](C)c4ccccc4)cc3F)ccnc2cc1OCC1CCNCC1. The largest absolute Gasteiger partial charge is 0.493 e. The summed E-state index contributed by atoms with van der Waals surface area (Å²) < 4.78 is 33.2. The van der Waals surface area contributed by atoms with Crippen LogP contribution in [-0.2, 0) is 9.59 Å². The first-order chi connectivity index (χ1) is 20.4. The number of halogens is 1. The van der Waals surface area contributed by atoms with Crippen LogP contribution in [0.4, 0.5) is 10.1 Å². The molecule has 1 atom stereocenters. The first kappa shape index (κ1) is 28.8. The van der Waals surface area contributed by atoms with Gasteiger partial charge in [-0.05, 0) is 68.6 Å². The van der Waals surface area contributed by atoms with Gasteiger partial charge in [-0.1, -0.05) is 30.3 Å². The fourth-order valence-electron chi connectivity index (χ4n) is 5.10. The predicted octanol–water partition coefficient (Wildman–Crippen LogP) is 5.13. The van der Waals surface area contributed by atoms with Gasteiger partial charge in [0.25, 0.3) is 0 Å². The third-order valence-electron chi connectivity index (χ3n) is 7.43. The Morgan fingerprint density at radius 2 is 1.79 bits per heavy atom. The van der Waals surface area contributed by atoms with Crippen molar-refractivity contribution in [3.8, 4) is 23.0 Å². The minimum absolute atomic E-state index is 0.0738. The van der Waals surface area contributed by atoms with Crippen LogP contribution in [-0.4, -0.2) is 43.6 Å². The molecule has 1 saturated heterocycles. The number of pyridine rings is 1. The number of hydrogen-bond acceptors (Lipinski definition) is 7. The number of nitrogens with zero attached hydrogens (tertiary/aromatic N) is 2. The maximum absolute atomic E-state index is 15.5. The fourth-order valence-corrected chi connectivity index (χ4v) is 5.10. The Balaban J connectivity index is 1.41. The topological polar surface area (TPSA) is 116 Å². The molecule has 2 heterocycles. The maximum atomic E-state index is 15.5. The lowest BCUT2D eigenvalue weighted by Crippen LogP contribution is -2.42. The summed E-state index contributed by atoms with van der Waals surface area (Å²) in [5, 5.41) is 3.96. The quantitative estimate of drug-likeness (QED) is 0.267. The van der Waals surface area contributed by atoms with Crippen molar-refractivity contribution in [2.24, 2.45) is 11.7 Å². The Labute approximate surface area is 243 Å². The van der Waals surface area contributed by atoms with Gasteiger partial charge in [0, 0.05) is 29.4 Å². The Morgan fingerprint density at radius 1 is 1.02 bits per heavy atom. The van der Waals surface area contributed by atoms with E-state index in [0.29, 0.717) is 40.7 Å². The van der Waals surface area contributed by atoms with Crippen molar-refractivity contribution in [3.63, 3.8) is 0 Å². The van der Waals surface area contributed by atoms with E-state index in [2.05, 4.69) is 10.3 Å². The van der Waals surface area contributed by atoms with E-state index in [4.69, 9.17) is 19.9 Å². The average Bonchev–Trinajstić information content (AvgIpc) is 3.01. The molecule has 0 saturated carbocycles. The molecule has 0 bridgehead atoms. The summed E-state index contributed by atoms with van der Waals surface area (Å²) in [6.07, 6.45) is 3.67. The van der Waals surface area contributed by atoms with Gasteiger partial charge in [-0.2, -0.15) is 0 Å². The van der Waals surface area contributed by atoms with Crippen LogP contribution in [0.1, 0.15) is 31.4 Å². The van der Waals surface area contributed by atoms with Crippen molar-refractivity contribution in [3.05, 3.63) is 84.3 Å². The van der Waals surface area contributed by atoms with Crippen LogP contribution >= 0.6 is 0 Å². The summed E-state index contributed by atoms with van der Waals surface area (Å²) in [5.74, 6) is -0.984. The van der Waals surface area contributed by atoms with Crippen molar-refractivity contribution >= 4 is 28.4 Å². The zero-order valence-electron chi connectivity index (χ0n) is 23.5. The van der Waals surface area contributed by atoms with Gasteiger partial charge in [0.2, 0.25) is 0 Å². The van der Waals surface area contributed by atoms with Gasteiger partial charge < -0.3 is 25.3 Å². The molecule has 0 radical (unpaired) electrons. The summed E-state index contributed by atoms with van der Waals surface area (Å²) in [5.41, 5.74) is 6.84. The molecule has 0 spiro atoms. The Hall–Kier alpha value is -4.70. The lowest BCUT2D eigenvalue weighted by Gasteiger charge is -2.29. The van der Waals surface area contributed by atoms with Crippen LogP contribution in [0.15, 0.2) is 72.9 Å². The zero-order valence-corrected chi connectivity index (χ0v) is 23.5. The molecule has 0 unspecified atom stereocenters. The number of aromatic nitrogens is 1. The number of nitrogens with two attached hydrogens (primary N) is 1. The van der Waals surface area contributed by atoms with Crippen molar-refractivity contribution in [1.29, 1.82) is 0 Å². The molecule has 2 amide bonds. The third kappa shape index (κ3) is 6.28. The van der Waals surface area contributed by atoms with Gasteiger partial charge in [-0.3, -0.25) is 19.5 Å². The van der Waals surface area contributed by atoms with E-state index in [1.165, 1.54) is 17.0 Å². The lowest BCUT2D eigenvalue weighted by atomic mass is 9.99. The highest BCUT2D eigenvalue weighted by Gasteiger charge is 2.28. The van der Waals surface area contributed by atoms with Crippen LogP contribution in [0.25, 0.3) is 10.9 Å². The van der Waals surface area contributed by atoms with Gasteiger partial charge in [0.15, 0.2) is 23.1 Å². The van der Waals surface area contributed by atoms with E-state index in [-0.39, 0.29) is 11.4 Å². The summed E-state index contributed by atoms with van der Waals surface area (Å²) in [7, 11) is 1.56. The molecule has 42 heavy (non-hydrogen) atoms. The number of methoxy groups -OCH3 is 1. The summed E-state index contributed by atoms with van der Waals surface area (Å²) in [6.45, 7) is 4.28. The van der Waals surface area contributed by atoms with E-state index in [1.807, 2.05) is 30.3 Å². The van der Waals surface area contributed by atoms with Crippen LogP contribution in [0.2, 0.25) is 0 Å². The molecule has 0 aliphatic carbocycles. The van der Waals surface area contributed by atoms with E-state index < -0.39 is 23.7 Å². The normalized spacial score (nSPS) is 14.3. The minimum Gasteiger partial charge on any atom is -0.493 e. The van der Waals surface area contributed by atoms with Gasteiger partial charge in [-0.15, -0.1) is 0 Å². The molecule has 1 fully saturated rings. The van der Waals surface area contributed by atoms with Crippen LogP contribution in [0.3, 0.4) is 0 Å². The number of nitrogens with one attached hydrogen (secondary N) is 1. The maximum Gasteiger partial charge on any atom is 0.316 e. The number of anilines is 1. The van der Waals surface area contributed by atoms with Crippen LogP contribution in [0.5, 0.6) is 23.0 Å². The van der Waals surface area contributed by atoms with Gasteiger partial charge in [0.05, 0.1) is 25.3 Å². The third-order valence-corrected chi connectivity index (χ3v) is 7.43. The van der Waals surface area contributed by atoms with Crippen molar-refractivity contribution < 1.29 is 28.2 Å². The summed E-state index contributed by atoms with van der Waals surface area (Å²) in [6, 6.07) is 17.7. The van der Waals surface area contributed by atoms with Crippen molar-refractivity contribution in [2.75, 3.05) is 31.7 Å². The average molecular weight is 573 g/mol. The Morgan fingerprint density at radius 3 is 2.48 bits per heavy atom. The second kappa shape index (κ2) is 12.9. The van der Waals surface area contributed by atoms with Gasteiger partial charge in [-0.25, -0.2) is 4.39 Å². The monoisotopic (exact) mass is 572 g/mol. The molecule has 9 nitrogen and oxygen atoms in total. The number of carbonyl (C=O) groups excluding carboxylic acids is 2. The molecular weight excluding hydrogens is 539 g/mol. The Bertz CT molecular complexity index is 1580. The second-order valence-corrected chi connectivity index (χ2v) is 10.2. The molecule has 3 N–H and O–H groups in total. The molecule has 4 aromatic rings. The Kier molecular flexibility index (Phi) is 8.83. The number of fused-ring (bicyclic) bond motifs is 1. The molecule has 218 valence electrons. The number of piperidine rings is 1. The van der Waals surface area contributed by atoms with Gasteiger partial charge >= 0.3 is 11.8 Å². The van der Waals surface area contributed by atoms with Crippen molar-refractivity contribution in [2.45, 2.75) is 25.8 Å². The molecule has 10 heteroatoms. The zero-order chi connectivity index (χ0) is 29.6. The minimum atomic E-state index is -1.14. The molecule has 1 aliphatic heterocycles. The number of amides is 2. The number of carbonyl (C=O) groups is 2. The van der Waals surface area contributed by atoms with Crippen molar-refractivity contribution in [1.82, 2.24) is 10.3 Å². The van der Waals surface area contributed by atoms with E-state index in [9.17, 15) is 9.59 Å². The summed E-state index contributed by atoms with van der Waals surface area (Å²) >= 11 is 0. The highest BCUT2D eigenvalue weighted by Crippen LogP contribution is 2.39. The standard InChI is InChI=1S/C32H33FN4O5/c1-20(22-6-4-3-5-7-22)37(32(39)31(34)38)23-8-9-28(25(33)16-23)42-27-12-15-36-26-18-30(29(40-2)17-24(26)27)41-19-21-10-13-35-14-11-21/h3-9,12,15-18,20-21,35H,10-11,13-14,19H2,1-2H3,(H2,34,38)/t20-/m0/s1. The predicted molar refractivity (Wildman–Crippen MR) is 157 cm³/mol. The molecular formula is C32H33FN4O5. The highest BCUT2D eigenvalue weighted by molar-refractivity contribution is 6.40. The lowest BCUT2D eigenvalue weighted by molar-refractivity contribution is -0.135. The smallest absolute Gasteiger partial charge is 0.316 e. The van der Waals surface area contributed by atoms with Crippen LogP contribution < -0.4 is 30.2 Å². The summed E-state index contributed by atoms with van der Waals surface area (Å²) in [4.78, 5) is 30.3. The number of hydrogen-bond donors (Lipinski definition) is 2. The van der Waals surface area contributed by atoms with E-state index in [0.717, 1.165) is 37.6 Å². The molecule has 1 aliphatic rings. The second-order valence-electron chi connectivity index (χ2n) is 10.2. The number of ether oxygens (including phenoxy) is 3. The number of benzene rings is 3. The molecule has 5 rings (SSSR count). The molecule has 3 aromatic carbocycles. The number of rotatable bonds is 9. The van der Waals surface area contributed by atoms with E-state index in [1.54, 1.807) is 38.4 Å². The first-order valence-electron chi connectivity index (χ1n) is 13.8. The van der Waals surface area contributed by atoms with E-state index >= 15 is 4.39 Å². The van der Waals surface area contributed by atoms with Gasteiger partial charge in [0.1, 0.15) is 5.75 Å².